The molecule has 2 aromatic rings. The van der Waals surface area contributed by atoms with Crippen LogP contribution < -0.4 is 5.32 Å². The summed E-state index contributed by atoms with van der Waals surface area (Å²) in [4.78, 5) is 28.6. The van der Waals surface area contributed by atoms with Gasteiger partial charge in [0.25, 0.3) is 0 Å². The van der Waals surface area contributed by atoms with Crippen molar-refractivity contribution in [3.8, 4) is 0 Å². The number of halogens is 3. The number of urea groups is 1. The Morgan fingerprint density at radius 1 is 1.31 bits per heavy atom. The summed E-state index contributed by atoms with van der Waals surface area (Å²) in [7, 11) is 0. The van der Waals surface area contributed by atoms with Crippen molar-refractivity contribution in [1.29, 1.82) is 0 Å². The predicted molar refractivity (Wildman–Crippen MR) is 130 cm³/mol. The Morgan fingerprint density at radius 2 is 2.06 bits per heavy atom. The van der Waals surface area contributed by atoms with E-state index in [1.54, 1.807) is 12.3 Å². The fourth-order valence-corrected chi connectivity index (χ4v) is 6.81. The first-order valence-corrected chi connectivity index (χ1v) is 13.5. The quantitative estimate of drug-likeness (QED) is 0.239. The van der Waals surface area contributed by atoms with E-state index in [-0.39, 0.29) is 21.8 Å². The molecule has 1 saturated carbocycles. The second-order valence-corrected chi connectivity index (χ2v) is 12.0. The minimum atomic E-state index is -4.37. The molecule has 4 rings (SSSR count). The molecule has 2 N–H and O–H groups in total. The van der Waals surface area contributed by atoms with E-state index in [9.17, 15) is 22.8 Å². The van der Waals surface area contributed by atoms with E-state index in [1.165, 1.54) is 23.5 Å². The number of aryl methyl sites for hydroxylation is 1. The standard InChI is InChI=1S/C24H28F3N3O3S2/c1-16-7-9-23(10-8-16)15-30(23,11-3-5-17-4-2-6-18(12-17)24(25,26)27)22(33)29-21-28-13-20(35-21)34-14-19(31)32/h2,4,6,12-13,16H,3,5,7-11,14-15H2,1H3,(H-,28,29,31,32,33)/p+1. The van der Waals surface area contributed by atoms with Crippen molar-refractivity contribution in [2.45, 2.75) is 61.4 Å². The lowest BCUT2D eigenvalue weighted by Gasteiger charge is -2.29. The van der Waals surface area contributed by atoms with Crippen LogP contribution in [0.1, 0.15) is 50.2 Å². The molecule has 1 aromatic carbocycles. The van der Waals surface area contributed by atoms with Crippen LogP contribution in [0.2, 0.25) is 0 Å². The Morgan fingerprint density at radius 3 is 2.74 bits per heavy atom. The number of anilines is 1. The molecule has 0 radical (unpaired) electrons. The molecular weight excluding hydrogens is 499 g/mol. The number of hydrogen-bond acceptors (Lipinski definition) is 5. The number of carboxylic acids is 1. The third-order valence-electron chi connectivity index (χ3n) is 7.26. The van der Waals surface area contributed by atoms with Crippen LogP contribution >= 0.6 is 23.1 Å². The number of amides is 2. The fraction of sp³-hybridized carbons (Fsp3) is 0.542. The maximum Gasteiger partial charge on any atom is 0.423 e. The topological polar surface area (TPSA) is 79.3 Å². The molecule has 2 amide bonds. The maximum atomic E-state index is 13.5. The van der Waals surface area contributed by atoms with Crippen LogP contribution in [0.15, 0.2) is 34.7 Å². The molecule has 190 valence electrons. The Kier molecular flexibility index (Phi) is 7.49. The van der Waals surface area contributed by atoms with Gasteiger partial charge in [-0.25, -0.2) is 14.3 Å². The van der Waals surface area contributed by atoms with Gasteiger partial charge in [-0.2, -0.15) is 13.2 Å². The van der Waals surface area contributed by atoms with Crippen molar-refractivity contribution in [3.05, 3.63) is 41.6 Å². The third kappa shape index (κ3) is 5.83. The minimum Gasteiger partial charge on any atom is -0.481 e. The summed E-state index contributed by atoms with van der Waals surface area (Å²) in [5, 5.41) is 12.2. The van der Waals surface area contributed by atoms with Crippen LogP contribution in [0, 0.1) is 5.92 Å². The smallest absolute Gasteiger partial charge is 0.423 e. The van der Waals surface area contributed by atoms with Crippen molar-refractivity contribution < 1.29 is 32.3 Å². The van der Waals surface area contributed by atoms with Gasteiger partial charge >= 0.3 is 18.2 Å². The number of carbonyl (C=O) groups excluding carboxylic acids is 1. The SMILES string of the molecule is CC1CCC2(CC1)C[N+]2(CCCc1cccc(C(F)(F)F)c1)C(=O)Nc1ncc(SCC(=O)O)s1. The van der Waals surface area contributed by atoms with Gasteiger partial charge in [0.1, 0.15) is 6.54 Å². The van der Waals surface area contributed by atoms with Gasteiger partial charge in [0.2, 0.25) is 0 Å². The van der Waals surface area contributed by atoms with Gasteiger partial charge in [0, 0.05) is 19.3 Å². The summed E-state index contributed by atoms with van der Waals surface area (Å²) >= 11 is 2.40. The molecule has 1 atom stereocenters. The van der Waals surface area contributed by atoms with E-state index in [4.69, 9.17) is 5.11 Å². The van der Waals surface area contributed by atoms with Crippen LogP contribution in [0.3, 0.4) is 0 Å². The number of thiazole rings is 1. The predicted octanol–water partition coefficient (Wildman–Crippen LogP) is 6.28. The van der Waals surface area contributed by atoms with Crippen molar-refractivity contribution in [1.82, 2.24) is 4.98 Å². The van der Waals surface area contributed by atoms with Gasteiger partial charge in [-0.15, -0.1) is 11.8 Å². The van der Waals surface area contributed by atoms with Crippen molar-refractivity contribution in [2.75, 3.05) is 24.2 Å². The van der Waals surface area contributed by atoms with Crippen LogP contribution in [-0.4, -0.2) is 51.0 Å². The van der Waals surface area contributed by atoms with Crippen LogP contribution in [0.5, 0.6) is 0 Å². The highest BCUT2D eigenvalue weighted by Gasteiger charge is 2.73. The van der Waals surface area contributed by atoms with E-state index in [1.807, 2.05) is 0 Å². The number of aliphatic carboxylic acids is 1. The Hall–Kier alpha value is -2.11. The summed E-state index contributed by atoms with van der Waals surface area (Å²) < 4.78 is 40.2. The summed E-state index contributed by atoms with van der Waals surface area (Å²) in [6.45, 7) is 3.52. The number of nitrogens with zero attached hydrogens (tertiary/aromatic N) is 2. The van der Waals surface area contributed by atoms with Gasteiger partial charge in [0.15, 0.2) is 10.7 Å². The van der Waals surface area contributed by atoms with Gasteiger partial charge < -0.3 is 5.11 Å². The van der Waals surface area contributed by atoms with Crippen molar-refractivity contribution in [3.63, 3.8) is 0 Å². The normalized spacial score (nSPS) is 26.0. The van der Waals surface area contributed by atoms with Crippen molar-refractivity contribution >= 4 is 40.2 Å². The number of aromatic nitrogens is 1. The lowest BCUT2D eigenvalue weighted by atomic mass is 9.82. The first-order chi connectivity index (χ1) is 16.5. The third-order valence-corrected chi connectivity index (χ3v) is 9.35. The van der Waals surface area contributed by atoms with Crippen molar-refractivity contribution in [2.24, 2.45) is 5.92 Å². The zero-order chi connectivity index (χ0) is 25.3. The lowest BCUT2D eigenvalue weighted by molar-refractivity contribution is -0.745. The number of hydrogen-bond donors (Lipinski definition) is 2. The molecule has 35 heavy (non-hydrogen) atoms. The van der Waals surface area contributed by atoms with E-state index in [0.29, 0.717) is 40.2 Å². The molecule has 6 nitrogen and oxygen atoms in total. The van der Waals surface area contributed by atoms with Crippen LogP contribution in [-0.2, 0) is 17.4 Å². The van der Waals surface area contributed by atoms with Gasteiger partial charge in [0.05, 0.1) is 28.3 Å². The Labute approximate surface area is 210 Å². The van der Waals surface area contributed by atoms with Gasteiger partial charge in [-0.3, -0.25) is 10.1 Å². The first kappa shape index (κ1) is 26.0. The molecule has 0 bridgehead atoms. The monoisotopic (exact) mass is 528 g/mol. The number of thioether (sulfide) groups is 1. The van der Waals surface area contributed by atoms with Crippen LogP contribution in [0.25, 0.3) is 0 Å². The van der Waals surface area contributed by atoms with Crippen LogP contribution in [0.4, 0.5) is 23.1 Å². The molecule has 2 fully saturated rings. The summed E-state index contributed by atoms with van der Waals surface area (Å²) in [6, 6.07) is 5.26. The molecule has 11 heteroatoms. The fourth-order valence-electron chi connectivity index (χ4n) is 5.23. The van der Waals surface area contributed by atoms with E-state index in [2.05, 4.69) is 17.2 Å². The number of quaternary nitrogens is 1. The molecule has 2 aliphatic rings. The molecule has 1 unspecified atom stereocenters. The highest BCUT2D eigenvalue weighted by atomic mass is 32.2. The molecule has 1 aliphatic heterocycles. The zero-order valence-electron chi connectivity index (χ0n) is 19.4. The number of carbonyl (C=O) groups is 2. The molecule has 1 saturated heterocycles. The molecular formula is C24H29F3N3O3S2+. The second kappa shape index (κ2) is 10.1. The number of alkyl halides is 3. The average molecular weight is 529 g/mol. The number of nitrogens with one attached hydrogen (secondary N) is 1. The molecule has 1 aromatic heterocycles. The first-order valence-electron chi connectivity index (χ1n) is 11.7. The maximum absolute atomic E-state index is 13.5. The Bertz CT molecular complexity index is 1080. The summed E-state index contributed by atoms with van der Waals surface area (Å²) in [5.41, 5.74) is -0.143. The average Bonchev–Trinajstić information content (AvgIpc) is 3.19. The van der Waals surface area contributed by atoms with Gasteiger partial charge in [-0.1, -0.05) is 36.5 Å². The van der Waals surface area contributed by atoms with E-state index >= 15 is 0 Å². The number of benzene rings is 1. The van der Waals surface area contributed by atoms with E-state index in [0.717, 1.165) is 50.1 Å². The lowest BCUT2D eigenvalue weighted by Crippen LogP contribution is -2.46. The van der Waals surface area contributed by atoms with Gasteiger partial charge in [-0.05, 0) is 36.8 Å². The second-order valence-electron chi connectivity index (χ2n) is 9.66. The highest BCUT2D eigenvalue weighted by molar-refractivity contribution is 8.01. The Balaban J connectivity index is 1.44. The number of rotatable bonds is 8. The summed E-state index contributed by atoms with van der Waals surface area (Å²) in [6.07, 6.45) is 2.31. The largest absolute Gasteiger partial charge is 0.481 e. The number of carboxylic acid groups (broad SMARTS) is 1. The zero-order valence-corrected chi connectivity index (χ0v) is 21.1. The molecule has 1 spiro atoms. The molecule has 1 aliphatic carbocycles. The summed E-state index contributed by atoms with van der Waals surface area (Å²) in [5.74, 6) is -0.368. The minimum absolute atomic E-state index is 0.0770. The highest BCUT2D eigenvalue weighted by Crippen LogP contribution is 2.54. The van der Waals surface area contributed by atoms with E-state index < -0.39 is 17.7 Å². The molecule has 2 heterocycles.